The number of aryl methyl sites for hydroxylation is 1. The Morgan fingerprint density at radius 2 is 1.62 bits per heavy atom. The van der Waals surface area contributed by atoms with Gasteiger partial charge < -0.3 is 34.3 Å². The van der Waals surface area contributed by atoms with Gasteiger partial charge in [0, 0.05) is 70.9 Å². The number of imidazole rings is 1. The van der Waals surface area contributed by atoms with Gasteiger partial charge in [0.2, 0.25) is 5.91 Å². The molecule has 3 aromatic carbocycles. The lowest BCUT2D eigenvalue weighted by atomic mass is 9.95. The molecule has 1 aliphatic rings. The first-order valence-corrected chi connectivity index (χ1v) is 18.2. The number of methoxy groups -OCH3 is 2. The predicted molar refractivity (Wildman–Crippen MR) is 202 cm³/mol. The summed E-state index contributed by atoms with van der Waals surface area (Å²) in [6.45, 7) is 9.08. The maximum Gasteiger partial charge on any atom is 0.407 e. The smallest absolute Gasteiger partial charge is 0.407 e. The fraction of sp³-hybridized carbons (Fsp3) is 0.463. The Morgan fingerprint density at radius 1 is 0.923 bits per heavy atom. The van der Waals surface area contributed by atoms with Gasteiger partial charge in [0.1, 0.15) is 11.4 Å². The van der Waals surface area contributed by atoms with Crippen LogP contribution < -0.4 is 10.6 Å². The number of amides is 3. The number of fused-ring (bicyclic) bond motifs is 1. The average molecular weight is 712 g/mol. The van der Waals surface area contributed by atoms with Crippen molar-refractivity contribution in [2.45, 2.75) is 77.0 Å². The molecule has 2 N–H and O–H groups in total. The van der Waals surface area contributed by atoms with Crippen molar-refractivity contribution in [3.8, 4) is 11.1 Å². The number of likely N-dealkylation sites (tertiary alicyclic amines) is 1. The van der Waals surface area contributed by atoms with Gasteiger partial charge in [-0.05, 0) is 87.4 Å². The van der Waals surface area contributed by atoms with Gasteiger partial charge in [-0.2, -0.15) is 0 Å². The van der Waals surface area contributed by atoms with Crippen molar-refractivity contribution >= 4 is 28.9 Å². The molecular formula is C41H53N5O6. The quantitative estimate of drug-likeness (QED) is 0.138. The van der Waals surface area contributed by atoms with E-state index in [0.29, 0.717) is 44.8 Å². The van der Waals surface area contributed by atoms with Crippen molar-refractivity contribution in [3.63, 3.8) is 0 Å². The van der Waals surface area contributed by atoms with Gasteiger partial charge in [-0.3, -0.25) is 9.59 Å². The van der Waals surface area contributed by atoms with Crippen molar-refractivity contribution in [2.24, 2.45) is 0 Å². The molecule has 1 fully saturated rings. The molecule has 2 atom stereocenters. The third-order valence-electron chi connectivity index (χ3n) is 9.20. The first-order chi connectivity index (χ1) is 25.0. The van der Waals surface area contributed by atoms with Crippen molar-refractivity contribution in [1.82, 2.24) is 25.1 Å². The maximum absolute atomic E-state index is 14.0. The standard InChI is InChI=1S/C41H53N5O6/c1-41(2,3)52-40(49)43-34(26-29-13-15-30(16-14-29)31-17-19-32(20-18-31)39(48)42-21-25-51-5)27-37(47)45-22-8-10-33(28-45)38-44-35-11-6-7-12-36(35)46(38)23-9-24-50-4/h6-7,11-20,33-34H,8-10,21-28H2,1-5H3,(H,42,48)(H,43,49)/t33-,34-/m1/s1. The molecule has 1 aromatic heterocycles. The molecule has 5 rings (SSSR count). The minimum absolute atomic E-state index is 0.00392. The third-order valence-corrected chi connectivity index (χ3v) is 9.20. The number of hydrogen-bond acceptors (Lipinski definition) is 7. The van der Waals surface area contributed by atoms with Gasteiger partial charge >= 0.3 is 6.09 Å². The van der Waals surface area contributed by atoms with Gasteiger partial charge in [-0.25, -0.2) is 9.78 Å². The number of aromatic nitrogens is 2. The summed E-state index contributed by atoms with van der Waals surface area (Å²) in [7, 11) is 3.31. The first-order valence-electron chi connectivity index (χ1n) is 18.2. The summed E-state index contributed by atoms with van der Waals surface area (Å²) in [5, 5.41) is 5.82. The number of benzene rings is 3. The highest BCUT2D eigenvalue weighted by atomic mass is 16.6. The number of ether oxygens (including phenoxy) is 3. The number of nitrogens with one attached hydrogen (secondary N) is 2. The van der Waals surface area contributed by atoms with E-state index >= 15 is 0 Å². The second kappa shape index (κ2) is 18.1. The maximum atomic E-state index is 14.0. The lowest BCUT2D eigenvalue weighted by molar-refractivity contribution is -0.133. The molecule has 3 amide bonds. The molecule has 1 aliphatic heterocycles. The zero-order valence-electron chi connectivity index (χ0n) is 31.2. The molecule has 0 saturated carbocycles. The van der Waals surface area contributed by atoms with Gasteiger partial charge in [0.25, 0.3) is 5.91 Å². The molecule has 0 radical (unpaired) electrons. The predicted octanol–water partition coefficient (Wildman–Crippen LogP) is 6.35. The third kappa shape index (κ3) is 10.6. The summed E-state index contributed by atoms with van der Waals surface area (Å²) in [6, 6.07) is 23.2. The van der Waals surface area contributed by atoms with Crippen LogP contribution >= 0.6 is 0 Å². The highest BCUT2D eigenvalue weighted by Gasteiger charge is 2.30. The second-order valence-electron chi connectivity index (χ2n) is 14.4. The summed E-state index contributed by atoms with van der Waals surface area (Å²) in [4.78, 5) is 46.3. The Balaban J connectivity index is 1.27. The summed E-state index contributed by atoms with van der Waals surface area (Å²) in [6.07, 6.45) is 2.76. The lowest BCUT2D eigenvalue weighted by Crippen LogP contribution is -2.46. The van der Waals surface area contributed by atoms with Gasteiger partial charge in [0.05, 0.1) is 17.6 Å². The van der Waals surface area contributed by atoms with E-state index in [-0.39, 0.29) is 24.2 Å². The molecule has 52 heavy (non-hydrogen) atoms. The Morgan fingerprint density at radius 3 is 2.31 bits per heavy atom. The monoisotopic (exact) mass is 711 g/mol. The lowest BCUT2D eigenvalue weighted by Gasteiger charge is -2.34. The fourth-order valence-electron chi connectivity index (χ4n) is 6.71. The number of rotatable bonds is 15. The van der Waals surface area contributed by atoms with Crippen LogP contribution in [0.5, 0.6) is 0 Å². The largest absolute Gasteiger partial charge is 0.444 e. The molecule has 0 aliphatic carbocycles. The van der Waals surface area contributed by atoms with Crippen LogP contribution in [0, 0.1) is 0 Å². The average Bonchev–Trinajstić information content (AvgIpc) is 3.50. The van der Waals surface area contributed by atoms with Crippen LogP contribution in [0.1, 0.15) is 74.1 Å². The SMILES string of the molecule is COCCCn1c([C@@H]2CCCN(C(=O)C[C@@H](Cc3ccc(-c4ccc(C(=O)NCCOC)cc4)cc3)NC(=O)OC(C)(C)C)C2)nc2ccccc21. The number of nitrogens with zero attached hydrogens (tertiary/aromatic N) is 3. The van der Waals surface area contributed by atoms with Crippen molar-refractivity contribution in [3.05, 3.63) is 89.7 Å². The van der Waals surface area contributed by atoms with E-state index in [1.807, 2.05) is 80.3 Å². The van der Waals surface area contributed by atoms with E-state index in [2.05, 4.69) is 21.3 Å². The first kappa shape index (κ1) is 38.5. The molecule has 0 bridgehead atoms. The number of alkyl carbamates (subject to hydrolysis) is 1. The number of carbonyl (C=O) groups is 3. The minimum Gasteiger partial charge on any atom is -0.444 e. The van der Waals surface area contributed by atoms with Crippen LogP contribution in [0.2, 0.25) is 0 Å². The fourth-order valence-corrected chi connectivity index (χ4v) is 6.71. The number of carbonyl (C=O) groups excluding carboxylic acids is 3. The Kier molecular flexibility index (Phi) is 13.4. The molecule has 1 saturated heterocycles. The molecule has 0 spiro atoms. The molecular weight excluding hydrogens is 658 g/mol. The van der Waals surface area contributed by atoms with Crippen molar-refractivity contribution in [2.75, 3.05) is 47.1 Å². The van der Waals surface area contributed by atoms with E-state index < -0.39 is 17.7 Å². The van der Waals surface area contributed by atoms with Crippen molar-refractivity contribution < 1.29 is 28.6 Å². The summed E-state index contributed by atoms with van der Waals surface area (Å²) < 4.78 is 18.2. The topological polar surface area (TPSA) is 124 Å². The van der Waals surface area contributed by atoms with E-state index in [1.54, 1.807) is 26.4 Å². The molecule has 11 heteroatoms. The summed E-state index contributed by atoms with van der Waals surface area (Å²) in [5.41, 5.74) is 4.92. The van der Waals surface area contributed by atoms with Crippen LogP contribution in [-0.4, -0.2) is 91.1 Å². The van der Waals surface area contributed by atoms with Gasteiger partial charge in [-0.1, -0.05) is 48.5 Å². The Hall–Kier alpha value is -4.74. The second-order valence-corrected chi connectivity index (χ2v) is 14.4. The van der Waals surface area contributed by atoms with Crippen LogP contribution in [-0.2, 0) is 32.0 Å². The molecule has 2 heterocycles. The molecule has 278 valence electrons. The summed E-state index contributed by atoms with van der Waals surface area (Å²) >= 11 is 0. The van der Waals surface area contributed by atoms with Gasteiger partial charge in [0.15, 0.2) is 0 Å². The van der Waals surface area contributed by atoms with E-state index in [1.165, 1.54) is 0 Å². The number of hydrogen-bond donors (Lipinski definition) is 2. The van der Waals surface area contributed by atoms with Crippen LogP contribution in [0.4, 0.5) is 4.79 Å². The van der Waals surface area contributed by atoms with Gasteiger partial charge in [-0.15, -0.1) is 0 Å². The van der Waals surface area contributed by atoms with Crippen LogP contribution in [0.15, 0.2) is 72.8 Å². The Bertz CT molecular complexity index is 1780. The molecule has 11 nitrogen and oxygen atoms in total. The molecule has 0 unspecified atom stereocenters. The Labute approximate surface area is 307 Å². The molecule has 4 aromatic rings. The zero-order valence-corrected chi connectivity index (χ0v) is 31.2. The van der Waals surface area contributed by atoms with Crippen LogP contribution in [0.25, 0.3) is 22.2 Å². The van der Waals surface area contributed by atoms with Crippen molar-refractivity contribution in [1.29, 1.82) is 0 Å². The minimum atomic E-state index is -0.671. The highest BCUT2D eigenvalue weighted by molar-refractivity contribution is 5.94. The zero-order chi connectivity index (χ0) is 37.1. The van der Waals surface area contributed by atoms with E-state index in [0.717, 1.165) is 59.4 Å². The van der Waals surface area contributed by atoms with E-state index in [4.69, 9.17) is 19.2 Å². The summed E-state index contributed by atoms with van der Waals surface area (Å²) in [5.74, 6) is 0.973. The number of para-hydroxylation sites is 2. The van der Waals surface area contributed by atoms with Crippen LogP contribution in [0.3, 0.4) is 0 Å². The number of piperidine rings is 1. The highest BCUT2D eigenvalue weighted by Crippen LogP contribution is 2.30. The van der Waals surface area contributed by atoms with E-state index in [9.17, 15) is 14.4 Å². The normalized spacial score (nSPS) is 15.3.